The summed E-state index contributed by atoms with van der Waals surface area (Å²) in [5, 5.41) is 11.2. The highest BCUT2D eigenvalue weighted by molar-refractivity contribution is 6.08. The number of benzene rings is 1. The first-order valence-electron chi connectivity index (χ1n) is 4.87. The first kappa shape index (κ1) is 12.0. The normalized spacial score (nSPS) is 10.3. The Hall–Kier alpha value is -2.10. The molecule has 1 aromatic carbocycles. The van der Waals surface area contributed by atoms with Gasteiger partial charge in [-0.05, 0) is 25.1 Å². The van der Waals surface area contributed by atoms with E-state index in [2.05, 4.69) is 5.32 Å². The third kappa shape index (κ3) is 3.24. The van der Waals surface area contributed by atoms with Crippen molar-refractivity contribution in [1.29, 1.82) is 0 Å². The van der Waals surface area contributed by atoms with Gasteiger partial charge in [0.1, 0.15) is 6.54 Å². The number of anilines is 1. The molecule has 0 heterocycles. The van der Waals surface area contributed by atoms with E-state index >= 15 is 0 Å². The van der Waals surface area contributed by atoms with E-state index < -0.39 is 5.97 Å². The Balaban J connectivity index is 2.91. The van der Waals surface area contributed by atoms with E-state index in [0.29, 0.717) is 11.3 Å². The van der Waals surface area contributed by atoms with Crippen molar-refractivity contribution >= 4 is 17.4 Å². The number of allylic oxidation sites excluding steroid dienone is 2. The summed E-state index contributed by atoms with van der Waals surface area (Å²) < 4.78 is 0. The van der Waals surface area contributed by atoms with Gasteiger partial charge < -0.3 is 10.4 Å². The molecule has 0 saturated carbocycles. The predicted molar refractivity (Wildman–Crippen MR) is 61.7 cm³/mol. The summed E-state index contributed by atoms with van der Waals surface area (Å²) in [6, 6.07) is 6.82. The van der Waals surface area contributed by atoms with Gasteiger partial charge in [-0.25, -0.2) is 0 Å². The summed E-state index contributed by atoms with van der Waals surface area (Å²) in [5.74, 6) is -1.11. The van der Waals surface area contributed by atoms with Crippen LogP contribution in [0.4, 0.5) is 5.69 Å². The van der Waals surface area contributed by atoms with Gasteiger partial charge in [-0.1, -0.05) is 18.2 Å². The predicted octanol–water partition coefficient (Wildman–Crippen LogP) is 1.94. The minimum atomic E-state index is -0.965. The van der Waals surface area contributed by atoms with Crippen molar-refractivity contribution in [3.63, 3.8) is 0 Å². The lowest BCUT2D eigenvalue weighted by atomic mass is 10.1. The number of ketones is 1. The van der Waals surface area contributed by atoms with E-state index in [1.54, 1.807) is 37.3 Å². The molecule has 0 aliphatic rings. The van der Waals surface area contributed by atoms with Crippen molar-refractivity contribution < 1.29 is 14.7 Å². The number of rotatable bonds is 5. The van der Waals surface area contributed by atoms with Crippen LogP contribution in [0.5, 0.6) is 0 Å². The fraction of sp³-hybridized carbons (Fsp3) is 0.167. The van der Waals surface area contributed by atoms with Crippen LogP contribution in [0.15, 0.2) is 36.4 Å². The molecule has 16 heavy (non-hydrogen) atoms. The molecule has 4 heteroatoms. The van der Waals surface area contributed by atoms with E-state index in [1.165, 1.54) is 6.08 Å². The van der Waals surface area contributed by atoms with Gasteiger partial charge in [0, 0.05) is 11.3 Å². The quantitative estimate of drug-likeness (QED) is 0.586. The smallest absolute Gasteiger partial charge is 0.322 e. The lowest BCUT2D eigenvalue weighted by Gasteiger charge is -2.07. The molecular formula is C12H13NO3. The van der Waals surface area contributed by atoms with Gasteiger partial charge in [-0.2, -0.15) is 0 Å². The summed E-state index contributed by atoms with van der Waals surface area (Å²) in [6.07, 6.45) is 3.09. The summed E-state index contributed by atoms with van der Waals surface area (Å²) in [6.45, 7) is 1.55. The van der Waals surface area contributed by atoms with Crippen LogP contribution in [0.25, 0.3) is 0 Å². The molecular weight excluding hydrogens is 206 g/mol. The van der Waals surface area contributed by atoms with E-state index in [9.17, 15) is 9.59 Å². The molecule has 0 aliphatic heterocycles. The second kappa shape index (κ2) is 5.70. The molecule has 0 amide bonds. The Bertz CT molecular complexity index is 424. The zero-order chi connectivity index (χ0) is 12.0. The van der Waals surface area contributed by atoms with Gasteiger partial charge in [0.25, 0.3) is 0 Å². The Morgan fingerprint density at radius 1 is 1.38 bits per heavy atom. The van der Waals surface area contributed by atoms with Gasteiger partial charge in [-0.3, -0.25) is 9.59 Å². The van der Waals surface area contributed by atoms with Crippen LogP contribution in [0, 0.1) is 0 Å². The third-order valence-corrected chi connectivity index (χ3v) is 1.94. The van der Waals surface area contributed by atoms with Crippen LogP contribution >= 0.6 is 0 Å². The van der Waals surface area contributed by atoms with Gasteiger partial charge in [-0.15, -0.1) is 0 Å². The molecule has 0 radical (unpaired) electrons. The second-order valence-corrected chi connectivity index (χ2v) is 3.16. The number of hydrogen-bond acceptors (Lipinski definition) is 3. The van der Waals surface area contributed by atoms with Crippen molar-refractivity contribution in [2.75, 3.05) is 11.9 Å². The minimum Gasteiger partial charge on any atom is -0.480 e. The van der Waals surface area contributed by atoms with E-state index in [-0.39, 0.29) is 12.3 Å². The van der Waals surface area contributed by atoms with Gasteiger partial charge >= 0.3 is 5.97 Å². The first-order valence-corrected chi connectivity index (χ1v) is 4.87. The molecule has 0 spiro atoms. The average molecular weight is 219 g/mol. The number of carboxylic acids is 1. The van der Waals surface area contributed by atoms with Crippen LogP contribution < -0.4 is 5.32 Å². The number of carbonyl (C=O) groups is 2. The third-order valence-electron chi connectivity index (χ3n) is 1.94. The Morgan fingerprint density at radius 2 is 2.06 bits per heavy atom. The summed E-state index contributed by atoms with van der Waals surface area (Å²) in [5.41, 5.74) is 1.01. The summed E-state index contributed by atoms with van der Waals surface area (Å²) in [7, 11) is 0. The molecule has 0 atom stereocenters. The second-order valence-electron chi connectivity index (χ2n) is 3.16. The first-order chi connectivity index (χ1) is 7.65. The fourth-order valence-corrected chi connectivity index (χ4v) is 1.26. The molecule has 1 rings (SSSR count). The van der Waals surface area contributed by atoms with Crippen molar-refractivity contribution in [1.82, 2.24) is 0 Å². The summed E-state index contributed by atoms with van der Waals surface area (Å²) >= 11 is 0. The van der Waals surface area contributed by atoms with Crippen LogP contribution in [-0.4, -0.2) is 23.4 Å². The molecule has 0 unspecified atom stereocenters. The molecule has 84 valence electrons. The van der Waals surface area contributed by atoms with Gasteiger partial charge in [0.15, 0.2) is 5.78 Å². The Kier molecular flexibility index (Phi) is 4.27. The lowest BCUT2D eigenvalue weighted by molar-refractivity contribution is -0.134. The van der Waals surface area contributed by atoms with Crippen LogP contribution in [0.3, 0.4) is 0 Å². The number of para-hydroxylation sites is 1. The molecule has 1 aromatic rings. The highest BCUT2D eigenvalue weighted by Gasteiger charge is 2.08. The number of carboxylic acid groups (broad SMARTS) is 1. The SMILES string of the molecule is C/C=C/C(=O)c1ccccc1NCC(=O)O. The van der Waals surface area contributed by atoms with Crippen molar-refractivity contribution in [2.24, 2.45) is 0 Å². The maximum absolute atomic E-state index is 11.6. The number of hydrogen-bond donors (Lipinski definition) is 2. The molecule has 2 N–H and O–H groups in total. The maximum Gasteiger partial charge on any atom is 0.322 e. The molecule has 4 nitrogen and oxygen atoms in total. The minimum absolute atomic E-state index is 0.143. The average Bonchev–Trinajstić information content (AvgIpc) is 2.27. The number of nitrogens with one attached hydrogen (secondary N) is 1. The standard InChI is InChI=1S/C12H13NO3/c1-2-5-11(14)9-6-3-4-7-10(9)13-8-12(15)16/h2-7,13H,8H2,1H3,(H,15,16)/b5-2+. The topological polar surface area (TPSA) is 66.4 Å². The highest BCUT2D eigenvalue weighted by Crippen LogP contribution is 2.15. The number of aliphatic carboxylic acids is 1. The van der Waals surface area contributed by atoms with E-state index in [1.807, 2.05) is 0 Å². The molecule has 0 aliphatic carbocycles. The van der Waals surface area contributed by atoms with Crippen LogP contribution in [0.1, 0.15) is 17.3 Å². The van der Waals surface area contributed by atoms with Gasteiger partial charge in [0.2, 0.25) is 0 Å². The van der Waals surface area contributed by atoms with E-state index in [0.717, 1.165) is 0 Å². The van der Waals surface area contributed by atoms with Crippen molar-refractivity contribution in [2.45, 2.75) is 6.92 Å². The molecule has 0 saturated heterocycles. The van der Waals surface area contributed by atoms with Gasteiger partial charge in [0.05, 0.1) is 0 Å². The monoisotopic (exact) mass is 219 g/mol. The van der Waals surface area contributed by atoms with Crippen LogP contribution in [-0.2, 0) is 4.79 Å². The molecule has 0 aromatic heterocycles. The largest absolute Gasteiger partial charge is 0.480 e. The molecule has 0 bridgehead atoms. The Morgan fingerprint density at radius 3 is 2.69 bits per heavy atom. The number of carbonyl (C=O) groups excluding carboxylic acids is 1. The zero-order valence-electron chi connectivity index (χ0n) is 8.93. The highest BCUT2D eigenvalue weighted by atomic mass is 16.4. The maximum atomic E-state index is 11.6. The zero-order valence-corrected chi connectivity index (χ0v) is 8.93. The molecule has 0 fully saturated rings. The van der Waals surface area contributed by atoms with Crippen molar-refractivity contribution in [3.8, 4) is 0 Å². The van der Waals surface area contributed by atoms with Crippen LogP contribution in [0.2, 0.25) is 0 Å². The summed E-state index contributed by atoms with van der Waals surface area (Å²) in [4.78, 5) is 22.1. The Labute approximate surface area is 93.6 Å². The van der Waals surface area contributed by atoms with Crippen molar-refractivity contribution in [3.05, 3.63) is 42.0 Å². The lowest BCUT2D eigenvalue weighted by Crippen LogP contribution is -2.14. The van der Waals surface area contributed by atoms with E-state index in [4.69, 9.17) is 5.11 Å². The fourth-order valence-electron chi connectivity index (χ4n) is 1.26.